The van der Waals surface area contributed by atoms with Crippen molar-refractivity contribution >= 4 is 10.2 Å². The highest BCUT2D eigenvalue weighted by Crippen LogP contribution is 2.18. The van der Waals surface area contributed by atoms with Crippen LogP contribution < -0.4 is 5.14 Å². The SMILES string of the molecule is CC1C=CCC(C)N1S(N)(=O)=O. The molecule has 0 aromatic rings. The van der Waals surface area contributed by atoms with Crippen LogP contribution in [0.2, 0.25) is 0 Å². The predicted octanol–water partition coefficient (Wildman–Crippen LogP) is 0.229. The third-order valence-corrected chi connectivity index (χ3v) is 3.30. The van der Waals surface area contributed by atoms with Gasteiger partial charge in [-0.3, -0.25) is 0 Å². The standard InChI is InChI=1S/C7H14N2O2S/c1-6-4-3-5-7(2)9(6)12(8,10)11/h3-4,6-7H,5H2,1-2H3,(H2,8,10,11). The molecule has 0 saturated carbocycles. The molecule has 70 valence electrons. The summed E-state index contributed by atoms with van der Waals surface area (Å²) in [6.45, 7) is 3.67. The summed E-state index contributed by atoms with van der Waals surface area (Å²) in [5.41, 5.74) is 0. The fourth-order valence-corrected chi connectivity index (χ4v) is 2.67. The van der Waals surface area contributed by atoms with Crippen molar-refractivity contribution < 1.29 is 8.42 Å². The highest BCUT2D eigenvalue weighted by Gasteiger charge is 2.29. The number of rotatable bonds is 1. The lowest BCUT2D eigenvalue weighted by atomic mass is 10.1. The molecule has 0 radical (unpaired) electrons. The Balaban J connectivity index is 2.95. The first-order chi connectivity index (χ1) is 5.43. The van der Waals surface area contributed by atoms with Crippen LogP contribution in [0.4, 0.5) is 0 Å². The van der Waals surface area contributed by atoms with Crippen LogP contribution in [0.5, 0.6) is 0 Å². The van der Waals surface area contributed by atoms with E-state index < -0.39 is 10.2 Å². The number of nitrogens with two attached hydrogens (primary N) is 1. The highest BCUT2D eigenvalue weighted by atomic mass is 32.2. The zero-order chi connectivity index (χ0) is 9.35. The summed E-state index contributed by atoms with van der Waals surface area (Å²) in [5.74, 6) is 0. The molecule has 0 spiro atoms. The van der Waals surface area contributed by atoms with Crippen molar-refractivity contribution in [3.05, 3.63) is 12.2 Å². The maximum Gasteiger partial charge on any atom is 0.277 e. The molecule has 2 atom stereocenters. The maximum absolute atomic E-state index is 11.1. The van der Waals surface area contributed by atoms with Gasteiger partial charge < -0.3 is 0 Å². The molecular formula is C7H14N2O2S. The molecule has 1 aliphatic rings. The van der Waals surface area contributed by atoms with Gasteiger partial charge in [0.05, 0.1) is 0 Å². The van der Waals surface area contributed by atoms with Crippen LogP contribution in [-0.2, 0) is 10.2 Å². The summed E-state index contributed by atoms with van der Waals surface area (Å²) >= 11 is 0. The van der Waals surface area contributed by atoms with Gasteiger partial charge in [-0.1, -0.05) is 12.2 Å². The molecule has 4 nitrogen and oxygen atoms in total. The monoisotopic (exact) mass is 190 g/mol. The topological polar surface area (TPSA) is 63.4 Å². The first kappa shape index (κ1) is 9.70. The first-order valence-corrected chi connectivity index (χ1v) is 5.41. The lowest BCUT2D eigenvalue weighted by molar-refractivity contribution is 0.295. The van der Waals surface area contributed by atoms with Crippen LogP contribution in [-0.4, -0.2) is 24.8 Å². The van der Waals surface area contributed by atoms with Crippen LogP contribution in [0.15, 0.2) is 12.2 Å². The van der Waals surface area contributed by atoms with E-state index in [-0.39, 0.29) is 12.1 Å². The Morgan fingerprint density at radius 3 is 2.42 bits per heavy atom. The largest absolute Gasteiger partial charge is 0.277 e. The lowest BCUT2D eigenvalue weighted by Gasteiger charge is -2.32. The number of hydrogen-bond donors (Lipinski definition) is 1. The van der Waals surface area contributed by atoms with E-state index in [0.717, 1.165) is 6.42 Å². The maximum atomic E-state index is 11.1. The van der Waals surface area contributed by atoms with Gasteiger partial charge in [0.15, 0.2) is 0 Å². The van der Waals surface area contributed by atoms with Crippen molar-refractivity contribution in [1.82, 2.24) is 4.31 Å². The Morgan fingerprint density at radius 2 is 2.08 bits per heavy atom. The van der Waals surface area contributed by atoms with E-state index in [1.807, 2.05) is 26.0 Å². The van der Waals surface area contributed by atoms with E-state index >= 15 is 0 Å². The van der Waals surface area contributed by atoms with Gasteiger partial charge in [0.2, 0.25) is 0 Å². The second-order valence-corrected chi connectivity index (χ2v) is 4.58. The molecule has 0 saturated heterocycles. The predicted molar refractivity (Wildman–Crippen MR) is 47.6 cm³/mol. The average molecular weight is 190 g/mol. The van der Waals surface area contributed by atoms with Crippen molar-refractivity contribution in [3.63, 3.8) is 0 Å². The zero-order valence-corrected chi connectivity index (χ0v) is 8.08. The van der Waals surface area contributed by atoms with E-state index in [1.165, 1.54) is 4.31 Å². The van der Waals surface area contributed by atoms with Gasteiger partial charge in [-0.25, -0.2) is 5.14 Å². The van der Waals surface area contributed by atoms with Crippen molar-refractivity contribution in [2.45, 2.75) is 32.4 Å². The van der Waals surface area contributed by atoms with Gasteiger partial charge in [-0.2, -0.15) is 12.7 Å². The molecule has 0 aliphatic carbocycles. The van der Waals surface area contributed by atoms with Crippen LogP contribution >= 0.6 is 0 Å². The second kappa shape index (κ2) is 3.16. The normalized spacial score (nSPS) is 32.2. The Bertz CT molecular complexity index is 284. The Kier molecular flexibility index (Phi) is 2.55. The van der Waals surface area contributed by atoms with Crippen LogP contribution in [0.25, 0.3) is 0 Å². The average Bonchev–Trinajstić information content (AvgIpc) is 1.82. The minimum absolute atomic E-state index is 0.0278. The molecule has 0 fully saturated rings. The highest BCUT2D eigenvalue weighted by molar-refractivity contribution is 7.86. The molecule has 2 unspecified atom stereocenters. The molecule has 12 heavy (non-hydrogen) atoms. The van der Waals surface area contributed by atoms with Crippen molar-refractivity contribution in [2.75, 3.05) is 0 Å². The molecule has 0 aromatic carbocycles. The van der Waals surface area contributed by atoms with Gasteiger partial charge in [-0.05, 0) is 20.3 Å². The summed E-state index contributed by atoms with van der Waals surface area (Å²) < 4.78 is 23.5. The fraction of sp³-hybridized carbons (Fsp3) is 0.714. The summed E-state index contributed by atoms with van der Waals surface area (Å²) in [4.78, 5) is 0. The zero-order valence-electron chi connectivity index (χ0n) is 7.27. The lowest BCUT2D eigenvalue weighted by Crippen LogP contribution is -2.48. The molecule has 0 bridgehead atoms. The van der Waals surface area contributed by atoms with Crippen molar-refractivity contribution in [2.24, 2.45) is 5.14 Å². The van der Waals surface area contributed by atoms with Gasteiger partial charge in [0.25, 0.3) is 10.2 Å². The van der Waals surface area contributed by atoms with Crippen LogP contribution in [0, 0.1) is 0 Å². The molecule has 0 aromatic heterocycles. The smallest absolute Gasteiger partial charge is 0.216 e. The van der Waals surface area contributed by atoms with Gasteiger partial charge >= 0.3 is 0 Å². The van der Waals surface area contributed by atoms with E-state index in [0.29, 0.717) is 0 Å². The quantitative estimate of drug-likeness (QED) is 0.601. The second-order valence-electron chi connectivity index (χ2n) is 3.13. The van der Waals surface area contributed by atoms with E-state index in [2.05, 4.69) is 0 Å². The molecule has 1 heterocycles. The summed E-state index contributed by atoms with van der Waals surface area (Å²) in [5, 5.41) is 5.06. The fourth-order valence-electron chi connectivity index (χ4n) is 1.55. The van der Waals surface area contributed by atoms with E-state index in [9.17, 15) is 8.42 Å². The Hall–Kier alpha value is -0.390. The molecule has 5 heteroatoms. The number of nitrogens with zero attached hydrogens (tertiary/aromatic N) is 1. The Morgan fingerprint density at radius 1 is 1.50 bits per heavy atom. The molecule has 1 rings (SSSR count). The van der Waals surface area contributed by atoms with Crippen molar-refractivity contribution in [1.29, 1.82) is 0 Å². The molecule has 1 aliphatic heterocycles. The molecule has 0 amide bonds. The summed E-state index contributed by atoms with van der Waals surface area (Å²) in [7, 11) is -3.54. The van der Waals surface area contributed by atoms with Gasteiger partial charge in [0, 0.05) is 12.1 Å². The van der Waals surface area contributed by atoms with Gasteiger partial charge in [-0.15, -0.1) is 0 Å². The Labute approximate surface area is 73.2 Å². The summed E-state index contributed by atoms with van der Waals surface area (Å²) in [6, 6.07) is -0.149. The molecular weight excluding hydrogens is 176 g/mol. The first-order valence-electron chi connectivity index (χ1n) is 3.91. The third kappa shape index (κ3) is 1.85. The van der Waals surface area contributed by atoms with Crippen molar-refractivity contribution in [3.8, 4) is 0 Å². The summed E-state index contributed by atoms with van der Waals surface area (Å²) in [6.07, 6.45) is 4.57. The number of hydrogen-bond acceptors (Lipinski definition) is 2. The van der Waals surface area contributed by atoms with Crippen LogP contribution in [0.1, 0.15) is 20.3 Å². The molecule has 2 N–H and O–H groups in total. The van der Waals surface area contributed by atoms with Gasteiger partial charge in [0.1, 0.15) is 0 Å². The van der Waals surface area contributed by atoms with E-state index in [1.54, 1.807) is 0 Å². The minimum atomic E-state index is -3.54. The minimum Gasteiger partial charge on any atom is -0.216 e. The third-order valence-electron chi connectivity index (χ3n) is 2.02. The van der Waals surface area contributed by atoms with Crippen LogP contribution in [0.3, 0.4) is 0 Å². The van der Waals surface area contributed by atoms with E-state index in [4.69, 9.17) is 5.14 Å².